The summed E-state index contributed by atoms with van der Waals surface area (Å²) >= 11 is 6.00. The van der Waals surface area contributed by atoms with E-state index in [2.05, 4.69) is 27.0 Å². The van der Waals surface area contributed by atoms with Crippen molar-refractivity contribution in [3.8, 4) is 23.0 Å². The lowest BCUT2D eigenvalue weighted by atomic mass is 10.1. The summed E-state index contributed by atoms with van der Waals surface area (Å²) in [6.45, 7) is 6.75. The van der Waals surface area contributed by atoms with Crippen LogP contribution in [0, 0.1) is 6.92 Å². The highest BCUT2D eigenvalue weighted by Crippen LogP contribution is 2.27. The van der Waals surface area contributed by atoms with E-state index in [-0.39, 0.29) is 0 Å². The summed E-state index contributed by atoms with van der Waals surface area (Å²) in [5, 5.41) is 9.54. The van der Waals surface area contributed by atoms with Gasteiger partial charge in [0, 0.05) is 43.3 Å². The van der Waals surface area contributed by atoms with Crippen molar-refractivity contribution in [1.29, 1.82) is 0 Å². The molecule has 0 bridgehead atoms. The molecule has 0 aliphatic carbocycles. The van der Waals surface area contributed by atoms with Gasteiger partial charge in [-0.3, -0.25) is 4.90 Å². The second-order valence-electron chi connectivity index (χ2n) is 7.39. The number of hydrogen-bond acceptors (Lipinski definition) is 6. The smallest absolute Gasteiger partial charge is 0.246 e. The van der Waals surface area contributed by atoms with Gasteiger partial charge in [-0.2, -0.15) is 4.98 Å². The van der Waals surface area contributed by atoms with Crippen LogP contribution in [0.4, 0.5) is 0 Å². The summed E-state index contributed by atoms with van der Waals surface area (Å²) in [4.78, 5) is 9.40. The molecule has 2 heterocycles. The van der Waals surface area contributed by atoms with E-state index in [1.54, 1.807) is 12.1 Å². The molecule has 0 spiro atoms. The van der Waals surface area contributed by atoms with Gasteiger partial charge in [0.15, 0.2) is 5.82 Å². The van der Waals surface area contributed by atoms with Crippen LogP contribution in [0.2, 0.25) is 5.02 Å². The van der Waals surface area contributed by atoms with E-state index in [9.17, 15) is 0 Å². The van der Waals surface area contributed by atoms with Gasteiger partial charge in [0.2, 0.25) is 5.88 Å². The van der Waals surface area contributed by atoms with Crippen LogP contribution in [0.5, 0.6) is 11.6 Å². The molecular weight excluding hydrogens is 386 g/mol. The maximum atomic E-state index is 6.11. The molecule has 29 heavy (non-hydrogen) atoms. The van der Waals surface area contributed by atoms with E-state index in [4.69, 9.17) is 21.3 Å². The minimum atomic E-state index is 0.484. The van der Waals surface area contributed by atoms with E-state index in [1.165, 1.54) is 0 Å². The molecule has 0 N–H and O–H groups in total. The zero-order chi connectivity index (χ0) is 20.2. The topological polar surface area (TPSA) is 54.4 Å². The predicted octanol–water partition coefficient (Wildman–Crippen LogP) is 4.04. The number of halogens is 1. The molecule has 150 valence electrons. The molecule has 1 aliphatic heterocycles. The first-order chi connectivity index (χ1) is 14.1. The second-order valence-corrected chi connectivity index (χ2v) is 7.83. The van der Waals surface area contributed by atoms with Gasteiger partial charge in [0.1, 0.15) is 11.4 Å². The molecule has 3 aromatic rings. The van der Waals surface area contributed by atoms with Crippen LogP contribution < -0.4 is 4.74 Å². The van der Waals surface area contributed by atoms with Crippen molar-refractivity contribution in [3.05, 3.63) is 64.8 Å². The number of piperazine rings is 1. The fourth-order valence-corrected chi connectivity index (χ4v) is 3.38. The third kappa shape index (κ3) is 5.09. The molecule has 4 rings (SSSR count). The lowest BCUT2D eigenvalue weighted by Crippen LogP contribution is -2.44. The average Bonchev–Trinajstić information content (AvgIpc) is 2.72. The molecule has 2 aromatic carbocycles. The molecule has 0 unspecified atom stereocenters. The number of aryl methyl sites for hydroxylation is 1. The van der Waals surface area contributed by atoms with Gasteiger partial charge in [-0.05, 0) is 44.3 Å². The fraction of sp³-hybridized carbons (Fsp3) is 0.318. The van der Waals surface area contributed by atoms with Crippen molar-refractivity contribution < 1.29 is 4.74 Å². The summed E-state index contributed by atoms with van der Waals surface area (Å²) in [5.41, 5.74) is 2.80. The van der Waals surface area contributed by atoms with Gasteiger partial charge in [-0.1, -0.05) is 35.4 Å². The van der Waals surface area contributed by atoms with Gasteiger partial charge >= 0.3 is 0 Å². The third-order valence-corrected chi connectivity index (χ3v) is 5.25. The average molecular weight is 410 g/mol. The van der Waals surface area contributed by atoms with E-state index < -0.39 is 0 Å². The highest BCUT2D eigenvalue weighted by molar-refractivity contribution is 6.30. The molecule has 1 saturated heterocycles. The number of ether oxygens (including phenoxy) is 1. The van der Waals surface area contributed by atoms with Crippen molar-refractivity contribution >= 4 is 11.6 Å². The van der Waals surface area contributed by atoms with Crippen LogP contribution >= 0.6 is 11.6 Å². The maximum absolute atomic E-state index is 6.11. The molecule has 0 amide bonds. The van der Waals surface area contributed by atoms with E-state index in [0.29, 0.717) is 29.0 Å². The summed E-state index contributed by atoms with van der Waals surface area (Å²) in [6, 6.07) is 15.3. The van der Waals surface area contributed by atoms with E-state index >= 15 is 0 Å². The molecule has 1 aromatic heterocycles. The number of likely N-dealkylation sites (N-methyl/N-ethyl adjacent to an activating group) is 1. The Balaban J connectivity index is 1.64. The first kappa shape index (κ1) is 19.8. The Morgan fingerprint density at radius 1 is 1.00 bits per heavy atom. The summed E-state index contributed by atoms with van der Waals surface area (Å²) < 4.78 is 6.11. The molecule has 1 fully saturated rings. The SMILES string of the molecule is Cc1cccc(-c2nnc(CN3CCN(C)CC3)c(Oc3ccc(Cl)cc3)n2)c1. The Labute approximate surface area is 176 Å². The number of benzene rings is 2. The Morgan fingerprint density at radius 2 is 1.76 bits per heavy atom. The molecule has 0 atom stereocenters. The summed E-state index contributed by atoms with van der Waals surface area (Å²) in [5.74, 6) is 1.71. The van der Waals surface area contributed by atoms with Gasteiger partial charge in [0.05, 0.1) is 0 Å². The van der Waals surface area contributed by atoms with Crippen molar-refractivity contribution in [1.82, 2.24) is 25.0 Å². The van der Waals surface area contributed by atoms with Crippen molar-refractivity contribution in [2.24, 2.45) is 0 Å². The molecule has 1 aliphatic rings. The second kappa shape index (κ2) is 8.86. The van der Waals surface area contributed by atoms with Crippen molar-refractivity contribution in [3.63, 3.8) is 0 Å². The zero-order valence-electron chi connectivity index (χ0n) is 16.7. The van der Waals surface area contributed by atoms with E-state index in [0.717, 1.165) is 43.0 Å². The Morgan fingerprint density at radius 3 is 2.48 bits per heavy atom. The molecule has 0 radical (unpaired) electrons. The first-order valence-electron chi connectivity index (χ1n) is 9.72. The number of aromatic nitrogens is 3. The quantitative estimate of drug-likeness (QED) is 0.633. The fourth-order valence-electron chi connectivity index (χ4n) is 3.25. The minimum Gasteiger partial charge on any atom is -0.437 e. The number of rotatable bonds is 5. The van der Waals surface area contributed by atoms with Gasteiger partial charge in [-0.15, -0.1) is 10.2 Å². The summed E-state index contributed by atoms with van der Waals surface area (Å²) in [7, 11) is 2.14. The number of hydrogen-bond donors (Lipinski definition) is 0. The van der Waals surface area contributed by atoms with Crippen LogP contribution in [-0.2, 0) is 6.54 Å². The van der Waals surface area contributed by atoms with Crippen LogP contribution in [-0.4, -0.2) is 58.2 Å². The van der Waals surface area contributed by atoms with Gasteiger partial charge in [0.25, 0.3) is 0 Å². The Hall–Kier alpha value is -2.54. The Kier molecular flexibility index (Phi) is 6.04. The standard InChI is InChI=1S/C22H24ClN5O/c1-16-4-3-5-17(14-16)21-24-22(29-19-8-6-18(23)7-9-19)20(25-26-21)15-28-12-10-27(2)11-13-28/h3-9,14H,10-13,15H2,1-2H3. The number of nitrogens with zero attached hydrogens (tertiary/aromatic N) is 5. The van der Waals surface area contributed by atoms with Gasteiger partial charge in [-0.25, -0.2) is 0 Å². The van der Waals surface area contributed by atoms with Crippen molar-refractivity contribution in [2.45, 2.75) is 13.5 Å². The monoisotopic (exact) mass is 409 g/mol. The zero-order valence-corrected chi connectivity index (χ0v) is 17.4. The highest BCUT2D eigenvalue weighted by Gasteiger charge is 2.19. The molecule has 0 saturated carbocycles. The van der Waals surface area contributed by atoms with Crippen LogP contribution in [0.15, 0.2) is 48.5 Å². The Bertz CT molecular complexity index is 971. The highest BCUT2D eigenvalue weighted by atomic mass is 35.5. The van der Waals surface area contributed by atoms with Crippen molar-refractivity contribution in [2.75, 3.05) is 33.2 Å². The van der Waals surface area contributed by atoms with Gasteiger partial charge < -0.3 is 9.64 Å². The first-order valence-corrected chi connectivity index (χ1v) is 10.1. The van der Waals surface area contributed by atoms with Crippen LogP contribution in [0.25, 0.3) is 11.4 Å². The minimum absolute atomic E-state index is 0.484. The maximum Gasteiger partial charge on any atom is 0.246 e. The molecule has 7 heteroatoms. The summed E-state index contributed by atoms with van der Waals surface area (Å²) in [6.07, 6.45) is 0. The molecule has 6 nitrogen and oxygen atoms in total. The molecular formula is C22H24ClN5O. The predicted molar refractivity (Wildman–Crippen MR) is 114 cm³/mol. The lowest BCUT2D eigenvalue weighted by Gasteiger charge is -2.32. The lowest BCUT2D eigenvalue weighted by molar-refractivity contribution is 0.145. The normalized spacial score (nSPS) is 15.4. The van der Waals surface area contributed by atoms with Crippen LogP contribution in [0.3, 0.4) is 0 Å². The van der Waals surface area contributed by atoms with Crippen LogP contribution in [0.1, 0.15) is 11.3 Å². The largest absolute Gasteiger partial charge is 0.437 e. The third-order valence-electron chi connectivity index (χ3n) is 4.99. The van der Waals surface area contributed by atoms with E-state index in [1.807, 2.05) is 43.3 Å².